The molecular weight excluding hydrogens is 254 g/mol. The molecule has 0 rings (SSSR count). The molecule has 0 radical (unpaired) electrons. The van der Waals surface area contributed by atoms with Crippen LogP contribution in [0.25, 0.3) is 0 Å². The zero-order valence-corrected chi connectivity index (χ0v) is 12.4. The zero-order chi connectivity index (χ0) is 9.99. The molecule has 0 nitrogen and oxygen atoms in total. The van der Waals surface area contributed by atoms with Gasteiger partial charge in [-0.15, -0.1) is 0 Å². The molecule has 12 heavy (non-hydrogen) atoms. The van der Waals surface area contributed by atoms with Crippen molar-refractivity contribution in [2.24, 2.45) is 10.8 Å². The number of hydrogen-bond donors (Lipinski definition) is 0. The van der Waals surface area contributed by atoms with Gasteiger partial charge < -0.3 is 0 Å². The Kier molecular flexibility index (Phi) is 4.65. The predicted molar refractivity (Wildman–Crippen MR) is 60.1 cm³/mol. The van der Waals surface area contributed by atoms with Crippen molar-refractivity contribution in [2.45, 2.75) is 55.1 Å². The number of hydrogen-bond acceptors (Lipinski definition) is 0. The van der Waals surface area contributed by atoms with Gasteiger partial charge in [-0.2, -0.15) is 0 Å². The molecule has 74 valence electrons. The second kappa shape index (κ2) is 4.36. The summed E-state index contributed by atoms with van der Waals surface area (Å²) < 4.78 is 3.04. The van der Waals surface area contributed by atoms with E-state index in [2.05, 4.69) is 46.4 Å². The molecule has 0 heterocycles. The van der Waals surface area contributed by atoms with Gasteiger partial charge in [-0.1, -0.05) is 0 Å². The third kappa shape index (κ3) is 8.91. The van der Waals surface area contributed by atoms with Gasteiger partial charge in [0, 0.05) is 0 Å². The van der Waals surface area contributed by atoms with Crippen LogP contribution in [0.5, 0.6) is 0 Å². The van der Waals surface area contributed by atoms with E-state index in [1.54, 1.807) is 0 Å². The molecule has 0 aliphatic rings. The third-order valence-corrected chi connectivity index (χ3v) is 9.99. The Balaban J connectivity index is 3.83. The Hall–Kier alpha value is 0.818. The van der Waals surface area contributed by atoms with Gasteiger partial charge in [0.15, 0.2) is 0 Å². The SMILES string of the molecule is [CH3][Sb]([CH2]C(C)(C)C)[CH2]C(C)(C)C. The Labute approximate surface area is 86.1 Å². The Morgan fingerprint density at radius 3 is 1.17 bits per heavy atom. The van der Waals surface area contributed by atoms with E-state index >= 15 is 0 Å². The first-order valence-corrected chi connectivity index (χ1v) is 10.9. The fourth-order valence-electron chi connectivity index (χ4n) is 1.68. The molecule has 0 aromatic rings. The molecule has 0 aromatic carbocycles. The molecule has 0 bridgehead atoms. The minimum absolute atomic E-state index is 0.572. The van der Waals surface area contributed by atoms with Crippen molar-refractivity contribution in [3.8, 4) is 0 Å². The molecule has 0 saturated heterocycles. The fourth-order valence-corrected chi connectivity index (χ4v) is 11.2. The zero-order valence-electron chi connectivity index (χ0n) is 9.86. The predicted octanol–water partition coefficient (Wildman–Crippen LogP) is 4.20. The first-order chi connectivity index (χ1) is 5.10. The molecule has 0 amide bonds. The van der Waals surface area contributed by atoms with E-state index in [0.29, 0.717) is 10.8 Å². The number of rotatable bonds is 2. The summed E-state index contributed by atoms with van der Waals surface area (Å²) >= 11 is -0.869. The molecular formula is C11H25Sb. The maximum absolute atomic E-state index is 2.55. The fraction of sp³-hybridized carbons (Fsp3) is 1.00. The third-order valence-electron chi connectivity index (χ3n) is 1.49. The van der Waals surface area contributed by atoms with Gasteiger partial charge in [0.05, 0.1) is 0 Å². The van der Waals surface area contributed by atoms with Crippen molar-refractivity contribution in [2.75, 3.05) is 0 Å². The van der Waals surface area contributed by atoms with Crippen LogP contribution in [-0.2, 0) is 0 Å². The molecule has 0 fully saturated rings. The molecule has 1 heteroatoms. The average molecular weight is 279 g/mol. The van der Waals surface area contributed by atoms with Crippen LogP contribution < -0.4 is 0 Å². The first-order valence-electron chi connectivity index (χ1n) is 4.79. The van der Waals surface area contributed by atoms with Crippen LogP contribution in [0.2, 0.25) is 13.6 Å². The van der Waals surface area contributed by atoms with Gasteiger partial charge in [-0.3, -0.25) is 0 Å². The molecule has 0 saturated carbocycles. The summed E-state index contributed by atoms with van der Waals surface area (Å²) in [7, 11) is 0. The van der Waals surface area contributed by atoms with Crippen LogP contribution >= 0.6 is 0 Å². The molecule has 0 unspecified atom stereocenters. The second-order valence-corrected chi connectivity index (χ2v) is 13.0. The van der Waals surface area contributed by atoms with Gasteiger partial charge >= 0.3 is 86.2 Å². The molecule has 0 N–H and O–H groups in total. The molecule has 0 spiro atoms. The monoisotopic (exact) mass is 278 g/mol. The van der Waals surface area contributed by atoms with E-state index in [0.717, 1.165) is 0 Å². The minimum atomic E-state index is -0.869. The summed E-state index contributed by atoms with van der Waals surface area (Å²) in [6.45, 7) is 14.2. The van der Waals surface area contributed by atoms with Gasteiger partial charge in [0.2, 0.25) is 0 Å². The van der Waals surface area contributed by atoms with E-state index in [1.165, 1.54) is 8.73 Å². The van der Waals surface area contributed by atoms with Crippen molar-refractivity contribution in [1.29, 1.82) is 0 Å². The van der Waals surface area contributed by atoms with Crippen LogP contribution in [0.15, 0.2) is 0 Å². The van der Waals surface area contributed by atoms with Crippen molar-refractivity contribution in [3.05, 3.63) is 0 Å². The Morgan fingerprint density at radius 1 is 0.750 bits per heavy atom. The van der Waals surface area contributed by atoms with Crippen LogP contribution in [0.1, 0.15) is 41.5 Å². The van der Waals surface area contributed by atoms with Crippen molar-refractivity contribution in [1.82, 2.24) is 0 Å². The summed E-state index contributed by atoms with van der Waals surface area (Å²) in [5, 5.41) is 0. The van der Waals surface area contributed by atoms with Gasteiger partial charge in [-0.25, -0.2) is 0 Å². The maximum atomic E-state index is 2.55. The van der Waals surface area contributed by atoms with Gasteiger partial charge in [0.25, 0.3) is 0 Å². The second-order valence-electron chi connectivity index (χ2n) is 6.29. The summed E-state index contributed by atoms with van der Waals surface area (Å²) in [6, 6.07) is 0. The van der Waals surface area contributed by atoms with Crippen LogP contribution in [0.3, 0.4) is 0 Å². The molecule has 0 atom stereocenters. The molecule has 0 aliphatic carbocycles. The van der Waals surface area contributed by atoms with Crippen molar-refractivity contribution in [3.63, 3.8) is 0 Å². The average Bonchev–Trinajstić information content (AvgIpc) is 1.49. The summed E-state index contributed by atoms with van der Waals surface area (Å²) in [6.07, 6.45) is 0. The quantitative estimate of drug-likeness (QED) is 0.664. The van der Waals surface area contributed by atoms with Crippen molar-refractivity contribution < 1.29 is 0 Å². The van der Waals surface area contributed by atoms with Crippen LogP contribution in [0, 0.1) is 10.8 Å². The topological polar surface area (TPSA) is 0 Å². The Morgan fingerprint density at radius 2 is 1.00 bits per heavy atom. The summed E-state index contributed by atoms with van der Waals surface area (Å²) in [5.41, 5.74) is 1.14. The van der Waals surface area contributed by atoms with Crippen molar-refractivity contribution >= 4 is 20.2 Å². The summed E-state index contributed by atoms with van der Waals surface area (Å²) in [4.78, 5) is 2.55. The van der Waals surface area contributed by atoms with E-state index in [9.17, 15) is 0 Å². The van der Waals surface area contributed by atoms with Gasteiger partial charge in [-0.05, 0) is 0 Å². The Bertz CT molecular complexity index is 109. The van der Waals surface area contributed by atoms with Crippen LogP contribution in [-0.4, -0.2) is 20.2 Å². The van der Waals surface area contributed by atoms with E-state index in [4.69, 9.17) is 0 Å². The van der Waals surface area contributed by atoms with E-state index in [1.807, 2.05) is 0 Å². The molecule has 0 aliphatic heterocycles. The normalized spacial score (nSPS) is 14.0. The standard InChI is InChI=1S/2C5H11.CH3.Sb/c2*1-5(2,3)4;;/h2*1H2,2-4H3;1H3;. The van der Waals surface area contributed by atoms with E-state index in [-0.39, 0.29) is 0 Å². The van der Waals surface area contributed by atoms with E-state index < -0.39 is 20.2 Å². The summed E-state index contributed by atoms with van der Waals surface area (Å²) in [5.74, 6) is 0. The van der Waals surface area contributed by atoms with Crippen LogP contribution in [0.4, 0.5) is 0 Å². The van der Waals surface area contributed by atoms with Gasteiger partial charge in [0.1, 0.15) is 0 Å². The molecule has 0 aromatic heterocycles. The first kappa shape index (κ1) is 12.8.